The Labute approximate surface area is 172 Å². The first kappa shape index (κ1) is 17.2. The first-order valence-corrected chi connectivity index (χ1v) is 10.0. The van der Waals surface area contributed by atoms with Gasteiger partial charge >= 0.3 is 0 Å². The Balaban J connectivity index is 1.35. The SMILES string of the molecule is Cc1ccc(N2C(=O)[C@@H]3[C@@H]4O[C@@H]([C@H]5C(c6ccc(Cl)cc6)=NO[C@@H]45)[C@@H]3C2=O)cc1. The molecule has 6 atom stereocenters. The number of benzene rings is 2. The third-order valence-corrected chi connectivity index (χ3v) is 6.72. The zero-order valence-corrected chi connectivity index (χ0v) is 16.2. The summed E-state index contributed by atoms with van der Waals surface area (Å²) >= 11 is 6.00. The molecule has 6 rings (SSSR count). The fraction of sp³-hybridized carbons (Fsp3) is 0.318. The minimum atomic E-state index is -0.519. The molecule has 3 fully saturated rings. The molecule has 0 spiro atoms. The average molecular weight is 409 g/mol. The Kier molecular flexibility index (Phi) is 3.50. The van der Waals surface area contributed by atoms with E-state index in [1.165, 1.54) is 4.90 Å². The summed E-state index contributed by atoms with van der Waals surface area (Å²) in [6, 6.07) is 14.8. The van der Waals surface area contributed by atoms with E-state index < -0.39 is 24.0 Å². The molecule has 29 heavy (non-hydrogen) atoms. The van der Waals surface area contributed by atoms with Gasteiger partial charge in [-0.3, -0.25) is 9.59 Å². The lowest BCUT2D eigenvalue weighted by atomic mass is 9.71. The number of oxime groups is 1. The molecular weight excluding hydrogens is 392 g/mol. The highest BCUT2D eigenvalue weighted by molar-refractivity contribution is 6.30. The van der Waals surface area contributed by atoms with Gasteiger partial charge in [-0.15, -0.1) is 0 Å². The minimum absolute atomic E-state index is 0.169. The first-order valence-electron chi connectivity index (χ1n) is 9.64. The van der Waals surface area contributed by atoms with E-state index in [0.29, 0.717) is 10.7 Å². The lowest BCUT2D eigenvalue weighted by Crippen LogP contribution is -2.45. The number of hydrogen-bond donors (Lipinski definition) is 0. The number of amides is 2. The largest absolute Gasteiger partial charge is 0.389 e. The minimum Gasteiger partial charge on any atom is -0.389 e. The predicted octanol–water partition coefficient (Wildman–Crippen LogP) is 2.95. The maximum Gasteiger partial charge on any atom is 0.240 e. The highest BCUT2D eigenvalue weighted by Crippen LogP contribution is 2.55. The highest BCUT2D eigenvalue weighted by Gasteiger charge is 2.72. The Bertz CT molecular complexity index is 1070. The predicted molar refractivity (Wildman–Crippen MR) is 106 cm³/mol. The standard InChI is InChI=1S/C22H17ClN2O4/c1-10-2-8-13(9-3-10)25-21(26)14-15(22(25)27)19-20-16(18(14)28-19)17(24-29-20)11-4-6-12(23)7-5-11/h2-9,14-16,18-20H,1H3/t14-,15+,16-,18-,19+,20-/m1/s1. The lowest BCUT2D eigenvalue weighted by Gasteiger charge is -2.26. The number of imide groups is 1. The zero-order valence-electron chi connectivity index (χ0n) is 15.5. The fourth-order valence-electron chi connectivity index (χ4n) is 5.16. The van der Waals surface area contributed by atoms with Crippen molar-refractivity contribution in [2.75, 3.05) is 4.90 Å². The number of hydrogen-bond acceptors (Lipinski definition) is 5. The molecule has 6 nitrogen and oxygen atoms in total. The number of fused-ring (bicyclic) bond motifs is 8. The van der Waals surface area contributed by atoms with E-state index in [4.69, 9.17) is 21.2 Å². The number of ether oxygens (including phenoxy) is 1. The zero-order chi connectivity index (χ0) is 19.9. The van der Waals surface area contributed by atoms with Gasteiger partial charge in [0.2, 0.25) is 11.8 Å². The van der Waals surface area contributed by atoms with Gasteiger partial charge in [-0.25, -0.2) is 4.90 Å². The van der Waals surface area contributed by atoms with Gasteiger partial charge in [0.15, 0.2) is 6.10 Å². The smallest absolute Gasteiger partial charge is 0.240 e. The van der Waals surface area contributed by atoms with E-state index in [1.807, 2.05) is 43.3 Å². The van der Waals surface area contributed by atoms with Crippen LogP contribution in [0.3, 0.4) is 0 Å². The van der Waals surface area contributed by atoms with Crippen molar-refractivity contribution in [3.8, 4) is 0 Å². The number of carbonyl (C=O) groups excluding carboxylic acids is 2. The number of nitrogens with zero attached hydrogens (tertiary/aromatic N) is 2. The second kappa shape index (κ2) is 5.90. The quantitative estimate of drug-likeness (QED) is 0.716. The van der Waals surface area contributed by atoms with Crippen LogP contribution < -0.4 is 4.90 Å². The molecule has 4 aliphatic heterocycles. The van der Waals surface area contributed by atoms with Crippen LogP contribution in [0.25, 0.3) is 0 Å². The van der Waals surface area contributed by atoms with Gasteiger partial charge in [0.25, 0.3) is 0 Å². The number of rotatable bonds is 2. The van der Waals surface area contributed by atoms with Crippen LogP contribution in [0, 0.1) is 24.7 Å². The maximum absolute atomic E-state index is 13.3. The van der Waals surface area contributed by atoms with Crippen molar-refractivity contribution < 1.29 is 19.2 Å². The number of aryl methyl sites for hydroxylation is 1. The maximum atomic E-state index is 13.3. The van der Waals surface area contributed by atoms with Crippen molar-refractivity contribution in [3.63, 3.8) is 0 Å². The van der Waals surface area contributed by atoms with Crippen LogP contribution in [0.2, 0.25) is 5.02 Å². The average Bonchev–Trinajstić information content (AvgIpc) is 3.44. The molecular formula is C22H17ClN2O4. The molecule has 7 heteroatoms. The molecule has 0 aliphatic carbocycles. The van der Waals surface area contributed by atoms with E-state index in [-0.39, 0.29) is 23.8 Å². The van der Waals surface area contributed by atoms with Crippen molar-refractivity contribution in [3.05, 3.63) is 64.7 Å². The highest BCUT2D eigenvalue weighted by atomic mass is 35.5. The summed E-state index contributed by atoms with van der Waals surface area (Å²) in [6.07, 6.45) is -1.23. The van der Waals surface area contributed by atoms with Crippen LogP contribution in [-0.2, 0) is 19.2 Å². The van der Waals surface area contributed by atoms with Gasteiger partial charge in [-0.05, 0) is 36.8 Å². The van der Waals surface area contributed by atoms with Gasteiger partial charge < -0.3 is 9.57 Å². The van der Waals surface area contributed by atoms with E-state index in [1.54, 1.807) is 12.1 Å². The van der Waals surface area contributed by atoms with Gasteiger partial charge in [-0.2, -0.15) is 0 Å². The third kappa shape index (κ3) is 2.24. The molecule has 2 bridgehead atoms. The van der Waals surface area contributed by atoms with Crippen molar-refractivity contribution >= 4 is 34.8 Å². The summed E-state index contributed by atoms with van der Waals surface area (Å²) in [5.74, 6) is -1.60. The molecule has 4 aliphatic rings. The fourth-order valence-corrected chi connectivity index (χ4v) is 5.29. The Morgan fingerprint density at radius 2 is 1.52 bits per heavy atom. The van der Waals surface area contributed by atoms with Crippen molar-refractivity contribution in [2.45, 2.75) is 25.2 Å². The summed E-state index contributed by atoms with van der Waals surface area (Å²) in [5.41, 5.74) is 3.33. The van der Waals surface area contributed by atoms with Crippen LogP contribution in [0.5, 0.6) is 0 Å². The number of anilines is 1. The van der Waals surface area contributed by atoms with Crippen LogP contribution >= 0.6 is 11.6 Å². The van der Waals surface area contributed by atoms with Crippen LogP contribution in [0.1, 0.15) is 11.1 Å². The molecule has 0 saturated carbocycles. The van der Waals surface area contributed by atoms with Gasteiger partial charge in [0.1, 0.15) is 6.10 Å². The molecule has 4 heterocycles. The van der Waals surface area contributed by atoms with Crippen molar-refractivity contribution in [1.29, 1.82) is 0 Å². The van der Waals surface area contributed by atoms with E-state index in [0.717, 1.165) is 16.8 Å². The summed E-state index contributed by atoms with van der Waals surface area (Å²) in [7, 11) is 0. The van der Waals surface area contributed by atoms with E-state index in [9.17, 15) is 9.59 Å². The van der Waals surface area contributed by atoms with Crippen LogP contribution in [0.15, 0.2) is 53.7 Å². The summed E-state index contributed by atoms with van der Waals surface area (Å²) < 4.78 is 6.13. The summed E-state index contributed by atoms with van der Waals surface area (Å²) in [6.45, 7) is 1.97. The molecule has 0 aromatic heterocycles. The number of halogens is 1. The van der Waals surface area contributed by atoms with Crippen molar-refractivity contribution in [1.82, 2.24) is 0 Å². The second-order valence-corrected chi connectivity index (χ2v) is 8.48. The molecule has 2 amide bonds. The third-order valence-electron chi connectivity index (χ3n) is 6.47. The normalized spacial score (nSPS) is 34.3. The molecule has 0 N–H and O–H groups in total. The lowest BCUT2D eigenvalue weighted by molar-refractivity contribution is -0.125. The van der Waals surface area contributed by atoms with Crippen LogP contribution in [0.4, 0.5) is 5.69 Å². The summed E-state index contributed by atoms with van der Waals surface area (Å²) in [5, 5.41) is 4.92. The summed E-state index contributed by atoms with van der Waals surface area (Å²) in [4.78, 5) is 33.5. The van der Waals surface area contributed by atoms with Gasteiger partial charge in [-0.1, -0.05) is 46.6 Å². The molecule has 2 aromatic rings. The van der Waals surface area contributed by atoms with Gasteiger partial charge in [0, 0.05) is 5.02 Å². The Hall–Kier alpha value is -2.70. The topological polar surface area (TPSA) is 68.2 Å². The van der Waals surface area contributed by atoms with Crippen LogP contribution in [-0.4, -0.2) is 35.8 Å². The second-order valence-electron chi connectivity index (χ2n) is 8.04. The molecule has 2 aromatic carbocycles. The monoisotopic (exact) mass is 408 g/mol. The Morgan fingerprint density at radius 3 is 2.21 bits per heavy atom. The number of carbonyl (C=O) groups is 2. The Morgan fingerprint density at radius 1 is 0.862 bits per heavy atom. The van der Waals surface area contributed by atoms with E-state index >= 15 is 0 Å². The van der Waals surface area contributed by atoms with Crippen molar-refractivity contribution in [2.24, 2.45) is 22.9 Å². The van der Waals surface area contributed by atoms with E-state index in [2.05, 4.69) is 5.16 Å². The molecule has 146 valence electrons. The van der Waals surface area contributed by atoms with Gasteiger partial charge in [0.05, 0.1) is 35.3 Å². The first-order chi connectivity index (χ1) is 14.0. The molecule has 0 radical (unpaired) electrons. The molecule has 3 saturated heterocycles. The molecule has 0 unspecified atom stereocenters.